The number of ether oxygens (including phenoxy) is 1. The standard InChI is InChI=1S/C21H24N4O5/c1-30-19-7-5-16(6-8-19)20(26)22-9-10-23-11-13-24(14-12-23)21(27)17-3-2-4-18(15-17)25(28)29/h2-8,15H,9-14H2,1H3,(H,22,26). The van der Waals surface area contributed by atoms with Gasteiger partial charge in [0.2, 0.25) is 0 Å². The van der Waals surface area contributed by atoms with E-state index in [2.05, 4.69) is 10.2 Å². The van der Waals surface area contributed by atoms with Gasteiger partial charge in [-0.3, -0.25) is 24.6 Å². The van der Waals surface area contributed by atoms with Gasteiger partial charge < -0.3 is 15.0 Å². The Kier molecular flexibility index (Phi) is 6.97. The highest BCUT2D eigenvalue weighted by Crippen LogP contribution is 2.16. The SMILES string of the molecule is COc1ccc(C(=O)NCCN2CCN(C(=O)c3cccc([N+](=O)[O-])c3)CC2)cc1. The molecule has 1 aliphatic rings. The quantitative estimate of drug-likeness (QED) is 0.549. The highest BCUT2D eigenvalue weighted by molar-refractivity contribution is 5.95. The second kappa shape index (κ2) is 9.84. The molecule has 1 saturated heterocycles. The Labute approximate surface area is 174 Å². The summed E-state index contributed by atoms with van der Waals surface area (Å²) in [5.41, 5.74) is 0.805. The molecule has 0 aliphatic carbocycles. The van der Waals surface area contributed by atoms with Crippen molar-refractivity contribution in [1.29, 1.82) is 0 Å². The number of carbonyl (C=O) groups excluding carboxylic acids is 2. The zero-order valence-corrected chi connectivity index (χ0v) is 16.7. The van der Waals surface area contributed by atoms with E-state index in [0.29, 0.717) is 56.1 Å². The average molecular weight is 412 g/mol. The number of hydrogen-bond donors (Lipinski definition) is 1. The molecular formula is C21H24N4O5. The van der Waals surface area contributed by atoms with Crippen LogP contribution in [0.2, 0.25) is 0 Å². The molecule has 30 heavy (non-hydrogen) atoms. The summed E-state index contributed by atoms with van der Waals surface area (Å²) >= 11 is 0. The monoisotopic (exact) mass is 412 g/mol. The topological polar surface area (TPSA) is 105 Å². The fraction of sp³-hybridized carbons (Fsp3) is 0.333. The molecule has 0 bridgehead atoms. The van der Waals surface area contributed by atoms with Gasteiger partial charge in [-0.2, -0.15) is 0 Å². The van der Waals surface area contributed by atoms with Crippen LogP contribution in [-0.2, 0) is 0 Å². The average Bonchev–Trinajstić information content (AvgIpc) is 2.79. The van der Waals surface area contributed by atoms with Crippen molar-refractivity contribution in [3.63, 3.8) is 0 Å². The zero-order valence-electron chi connectivity index (χ0n) is 16.7. The van der Waals surface area contributed by atoms with Crippen LogP contribution >= 0.6 is 0 Å². The second-order valence-electron chi connectivity index (χ2n) is 6.93. The number of carbonyl (C=O) groups is 2. The van der Waals surface area contributed by atoms with Crippen LogP contribution < -0.4 is 10.1 Å². The van der Waals surface area contributed by atoms with Gasteiger partial charge >= 0.3 is 0 Å². The Hall–Kier alpha value is -3.46. The van der Waals surface area contributed by atoms with Gasteiger partial charge in [-0.05, 0) is 30.3 Å². The summed E-state index contributed by atoms with van der Waals surface area (Å²) in [6, 6.07) is 12.7. The highest BCUT2D eigenvalue weighted by Gasteiger charge is 2.23. The van der Waals surface area contributed by atoms with Gasteiger partial charge in [0.25, 0.3) is 17.5 Å². The number of methoxy groups -OCH3 is 1. The van der Waals surface area contributed by atoms with Gasteiger partial charge in [-0.1, -0.05) is 6.07 Å². The lowest BCUT2D eigenvalue weighted by molar-refractivity contribution is -0.384. The van der Waals surface area contributed by atoms with Crippen molar-refractivity contribution in [2.24, 2.45) is 0 Å². The van der Waals surface area contributed by atoms with E-state index in [9.17, 15) is 19.7 Å². The van der Waals surface area contributed by atoms with Crippen molar-refractivity contribution in [1.82, 2.24) is 15.1 Å². The van der Waals surface area contributed by atoms with E-state index in [1.54, 1.807) is 42.3 Å². The molecule has 0 radical (unpaired) electrons. The summed E-state index contributed by atoms with van der Waals surface area (Å²) in [6.45, 7) is 3.62. The zero-order chi connectivity index (χ0) is 21.5. The lowest BCUT2D eigenvalue weighted by Crippen LogP contribution is -2.50. The van der Waals surface area contributed by atoms with Crippen molar-refractivity contribution < 1.29 is 19.2 Å². The van der Waals surface area contributed by atoms with E-state index in [-0.39, 0.29) is 17.5 Å². The van der Waals surface area contributed by atoms with E-state index in [4.69, 9.17) is 4.74 Å². The molecule has 0 aromatic heterocycles. The lowest BCUT2D eigenvalue weighted by atomic mass is 10.1. The number of hydrogen-bond acceptors (Lipinski definition) is 6. The molecule has 1 aliphatic heterocycles. The van der Waals surface area contributed by atoms with E-state index < -0.39 is 4.92 Å². The van der Waals surface area contributed by atoms with Gasteiger partial charge in [0.15, 0.2) is 0 Å². The second-order valence-corrected chi connectivity index (χ2v) is 6.93. The minimum Gasteiger partial charge on any atom is -0.497 e. The first-order chi connectivity index (χ1) is 14.5. The smallest absolute Gasteiger partial charge is 0.270 e. The summed E-state index contributed by atoms with van der Waals surface area (Å²) in [4.78, 5) is 39.1. The number of nitrogens with one attached hydrogen (secondary N) is 1. The Morgan fingerprint density at radius 3 is 2.40 bits per heavy atom. The molecule has 9 nitrogen and oxygen atoms in total. The van der Waals surface area contributed by atoms with E-state index in [0.717, 1.165) is 0 Å². The largest absolute Gasteiger partial charge is 0.497 e. The van der Waals surface area contributed by atoms with E-state index in [1.807, 2.05) is 0 Å². The fourth-order valence-electron chi connectivity index (χ4n) is 3.28. The minimum atomic E-state index is -0.505. The number of piperazine rings is 1. The van der Waals surface area contributed by atoms with Crippen molar-refractivity contribution in [3.8, 4) is 5.75 Å². The number of nitro benzene ring substituents is 1. The summed E-state index contributed by atoms with van der Waals surface area (Å²) in [7, 11) is 1.58. The van der Waals surface area contributed by atoms with Crippen molar-refractivity contribution in [2.45, 2.75) is 0 Å². The molecule has 0 unspecified atom stereocenters. The van der Waals surface area contributed by atoms with Crippen LogP contribution in [0.25, 0.3) is 0 Å². The maximum Gasteiger partial charge on any atom is 0.270 e. The number of amides is 2. The molecule has 2 aromatic rings. The van der Waals surface area contributed by atoms with Crippen molar-refractivity contribution in [2.75, 3.05) is 46.4 Å². The maximum absolute atomic E-state index is 12.6. The van der Waals surface area contributed by atoms with Crippen molar-refractivity contribution in [3.05, 3.63) is 69.8 Å². The van der Waals surface area contributed by atoms with Crippen LogP contribution in [0.5, 0.6) is 5.75 Å². The molecule has 1 N–H and O–H groups in total. The first-order valence-corrected chi connectivity index (χ1v) is 9.66. The molecule has 3 rings (SSSR count). The van der Waals surface area contributed by atoms with Crippen LogP contribution in [0, 0.1) is 10.1 Å². The predicted molar refractivity (Wildman–Crippen MR) is 111 cm³/mol. The maximum atomic E-state index is 12.6. The Bertz CT molecular complexity index is 908. The third-order valence-electron chi connectivity index (χ3n) is 5.03. The van der Waals surface area contributed by atoms with E-state index in [1.165, 1.54) is 18.2 Å². The molecule has 2 aromatic carbocycles. The summed E-state index contributed by atoms with van der Waals surface area (Å²) in [5.74, 6) is 0.354. The molecule has 9 heteroatoms. The van der Waals surface area contributed by atoms with Crippen LogP contribution in [0.4, 0.5) is 5.69 Å². The predicted octanol–water partition coefficient (Wildman–Crippen LogP) is 1.79. The fourth-order valence-corrected chi connectivity index (χ4v) is 3.28. The number of non-ortho nitro benzene ring substituents is 1. The van der Waals surface area contributed by atoms with Crippen LogP contribution in [0.1, 0.15) is 20.7 Å². The normalized spacial score (nSPS) is 14.2. The number of rotatable bonds is 7. The van der Waals surface area contributed by atoms with Crippen LogP contribution in [-0.4, -0.2) is 72.9 Å². The molecule has 0 saturated carbocycles. The number of nitro groups is 1. The third kappa shape index (κ3) is 5.32. The van der Waals surface area contributed by atoms with Gasteiger partial charge in [-0.15, -0.1) is 0 Å². The first kappa shape index (κ1) is 21.3. The Balaban J connectivity index is 1.43. The number of benzene rings is 2. The van der Waals surface area contributed by atoms with Crippen LogP contribution in [0.15, 0.2) is 48.5 Å². The third-order valence-corrected chi connectivity index (χ3v) is 5.03. The van der Waals surface area contributed by atoms with Crippen molar-refractivity contribution >= 4 is 17.5 Å². The van der Waals surface area contributed by atoms with Gasteiger partial charge in [0.05, 0.1) is 12.0 Å². The molecule has 158 valence electrons. The molecule has 1 fully saturated rings. The molecule has 0 atom stereocenters. The molecule has 1 heterocycles. The Morgan fingerprint density at radius 2 is 1.77 bits per heavy atom. The van der Waals surface area contributed by atoms with Crippen LogP contribution in [0.3, 0.4) is 0 Å². The number of nitrogens with zero attached hydrogens (tertiary/aromatic N) is 3. The lowest BCUT2D eigenvalue weighted by Gasteiger charge is -2.34. The Morgan fingerprint density at radius 1 is 1.07 bits per heavy atom. The highest BCUT2D eigenvalue weighted by atomic mass is 16.6. The molecular weight excluding hydrogens is 388 g/mol. The summed E-state index contributed by atoms with van der Waals surface area (Å²) < 4.78 is 5.08. The molecule has 0 spiro atoms. The first-order valence-electron chi connectivity index (χ1n) is 9.66. The van der Waals surface area contributed by atoms with Gasteiger partial charge in [0.1, 0.15) is 5.75 Å². The van der Waals surface area contributed by atoms with E-state index >= 15 is 0 Å². The summed E-state index contributed by atoms with van der Waals surface area (Å²) in [5, 5.41) is 13.8. The minimum absolute atomic E-state index is 0.0907. The van der Waals surface area contributed by atoms with Gasteiger partial charge in [0, 0.05) is 62.5 Å². The molecule has 2 amide bonds. The summed E-state index contributed by atoms with van der Waals surface area (Å²) in [6.07, 6.45) is 0. The van der Waals surface area contributed by atoms with Gasteiger partial charge in [-0.25, -0.2) is 0 Å².